The Morgan fingerprint density at radius 1 is 1.00 bits per heavy atom. The summed E-state index contributed by atoms with van der Waals surface area (Å²) in [6.07, 6.45) is -0.0291. The first kappa shape index (κ1) is 16.0. The number of rotatable bonds is 4. The molecule has 21 heavy (non-hydrogen) atoms. The van der Waals surface area contributed by atoms with Crippen LogP contribution in [0.1, 0.15) is 17.2 Å². The molecule has 1 atom stereocenters. The Labute approximate surface area is 128 Å². The summed E-state index contributed by atoms with van der Waals surface area (Å²) in [5.74, 6) is -3.34. The van der Waals surface area contributed by atoms with Crippen LogP contribution in [-0.4, -0.2) is 7.05 Å². The van der Waals surface area contributed by atoms with E-state index in [1.165, 1.54) is 12.1 Å². The van der Waals surface area contributed by atoms with Gasteiger partial charge < -0.3 is 5.32 Å². The standard InChI is InChI=1S/C15H12BrF4N/c1-21-14(8-2-4-12(18)13(19)6-8)7-9-11(17)5-3-10(16)15(9)20/h2-6,14,21H,7H2,1H3. The zero-order valence-corrected chi connectivity index (χ0v) is 12.6. The van der Waals surface area contributed by atoms with E-state index < -0.39 is 29.3 Å². The molecule has 0 saturated carbocycles. The number of likely N-dealkylation sites (N-methyl/N-ethyl adjacent to an activating group) is 1. The summed E-state index contributed by atoms with van der Waals surface area (Å²) < 4.78 is 54.1. The van der Waals surface area contributed by atoms with Crippen molar-refractivity contribution in [3.63, 3.8) is 0 Å². The number of benzene rings is 2. The highest BCUT2D eigenvalue weighted by atomic mass is 79.9. The maximum atomic E-state index is 14.0. The van der Waals surface area contributed by atoms with Gasteiger partial charge in [-0.05, 0) is 59.2 Å². The molecule has 0 heterocycles. The Balaban J connectivity index is 2.35. The second-order valence-corrected chi connectivity index (χ2v) is 5.40. The minimum atomic E-state index is -0.997. The zero-order valence-electron chi connectivity index (χ0n) is 11.1. The zero-order chi connectivity index (χ0) is 15.6. The fraction of sp³-hybridized carbons (Fsp3) is 0.200. The summed E-state index contributed by atoms with van der Waals surface area (Å²) in [4.78, 5) is 0. The van der Waals surface area contributed by atoms with Crippen LogP contribution in [0.2, 0.25) is 0 Å². The van der Waals surface area contributed by atoms with E-state index in [2.05, 4.69) is 21.2 Å². The van der Waals surface area contributed by atoms with Crippen molar-refractivity contribution >= 4 is 15.9 Å². The molecule has 0 aliphatic rings. The van der Waals surface area contributed by atoms with Crippen molar-refractivity contribution in [2.45, 2.75) is 12.5 Å². The van der Waals surface area contributed by atoms with E-state index >= 15 is 0 Å². The summed E-state index contributed by atoms with van der Waals surface area (Å²) in [6, 6.07) is 5.28. The summed E-state index contributed by atoms with van der Waals surface area (Å²) in [6.45, 7) is 0. The highest BCUT2D eigenvalue weighted by Gasteiger charge is 2.19. The molecule has 2 aromatic carbocycles. The minimum Gasteiger partial charge on any atom is -0.313 e. The molecule has 0 bridgehead atoms. The second-order valence-electron chi connectivity index (χ2n) is 4.54. The van der Waals surface area contributed by atoms with E-state index in [4.69, 9.17) is 0 Å². The van der Waals surface area contributed by atoms with Gasteiger partial charge in [0, 0.05) is 11.6 Å². The van der Waals surface area contributed by atoms with Crippen LogP contribution in [0.5, 0.6) is 0 Å². The van der Waals surface area contributed by atoms with E-state index in [1.54, 1.807) is 7.05 Å². The van der Waals surface area contributed by atoms with Gasteiger partial charge >= 0.3 is 0 Å². The lowest BCUT2D eigenvalue weighted by Gasteiger charge is -2.18. The Bertz CT molecular complexity index is 660. The smallest absolute Gasteiger partial charge is 0.159 e. The molecule has 0 aliphatic carbocycles. The SMILES string of the molecule is CNC(Cc1c(F)ccc(Br)c1F)c1ccc(F)c(F)c1. The van der Waals surface area contributed by atoms with Gasteiger partial charge in [0.1, 0.15) is 11.6 Å². The predicted octanol–water partition coefficient (Wildman–Crippen LogP) is 4.51. The molecule has 0 fully saturated rings. The maximum Gasteiger partial charge on any atom is 0.159 e. The Kier molecular flexibility index (Phi) is 5.00. The van der Waals surface area contributed by atoms with Crippen LogP contribution in [0.4, 0.5) is 17.6 Å². The van der Waals surface area contributed by atoms with E-state index in [0.29, 0.717) is 5.56 Å². The van der Waals surface area contributed by atoms with Gasteiger partial charge in [0.25, 0.3) is 0 Å². The van der Waals surface area contributed by atoms with Crippen LogP contribution in [0.3, 0.4) is 0 Å². The first-order chi connectivity index (χ1) is 9.93. The van der Waals surface area contributed by atoms with Crippen molar-refractivity contribution in [3.05, 3.63) is 69.2 Å². The molecule has 1 N–H and O–H groups in total. The van der Waals surface area contributed by atoms with Crippen LogP contribution in [0.25, 0.3) is 0 Å². The molecule has 0 amide bonds. The Morgan fingerprint density at radius 3 is 2.29 bits per heavy atom. The molecule has 112 valence electrons. The first-order valence-corrected chi connectivity index (χ1v) is 6.98. The van der Waals surface area contributed by atoms with Gasteiger partial charge in [-0.2, -0.15) is 0 Å². The number of halogens is 5. The molecule has 1 nitrogen and oxygen atoms in total. The van der Waals surface area contributed by atoms with Gasteiger partial charge in [0.2, 0.25) is 0 Å². The fourth-order valence-corrected chi connectivity index (χ4v) is 2.45. The topological polar surface area (TPSA) is 12.0 Å². The summed E-state index contributed by atoms with van der Waals surface area (Å²) >= 11 is 3.00. The molecule has 1 unspecified atom stereocenters. The van der Waals surface area contributed by atoms with Crippen molar-refractivity contribution in [1.82, 2.24) is 5.32 Å². The molecule has 2 aromatic rings. The third-order valence-electron chi connectivity index (χ3n) is 3.24. The average molecular weight is 362 g/mol. The normalized spacial score (nSPS) is 12.5. The van der Waals surface area contributed by atoms with Gasteiger partial charge in [-0.25, -0.2) is 17.6 Å². The number of hydrogen-bond acceptors (Lipinski definition) is 1. The van der Waals surface area contributed by atoms with E-state index in [0.717, 1.165) is 18.2 Å². The van der Waals surface area contributed by atoms with Crippen LogP contribution in [0.15, 0.2) is 34.8 Å². The van der Waals surface area contributed by atoms with Crippen LogP contribution < -0.4 is 5.32 Å². The molecular formula is C15H12BrF4N. The summed E-state index contributed by atoms with van der Waals surface area (Å²) in [7, 11) is 1.58. The molecule has 0 radical (unpaired) electrons. The lowest BCUT2D eigenvalue weighted by molar-refractivity contribution is 0.493. The highest BCUT2D eigenvalue weighted by Crippen LogP contribution is 2.27. The fourth-order valence-electron chi connectivity index (χ4n) is 2.08. The number of nitrogens with one attached hydrogen (secondary N) is 1. The van der Waals surface area contributed by atoms with Gasteiger partial charge in [0.15, 0.2) is 11.6 Å². The van der Waals surface area contributed by atoms with Crippen LogP contribution in [-0.2, 0) is 6.42 Å². The highest BCUT2D eigenvalue weighted by molar-refractivity contribution is 9.10. The molecule has 0 aliphatic heterocycles. The molecule has 0 saturated heterocycles. The molecule has 6 heteroatoms. The van der Waals surface area contributed by atoms with Gasteiger partial charge in [-0.3, -0.25) is 0 Å². The lowest BCUT2D eigenvalue weighted by Crippen LogP contribution is -2.20. The minimum absolute atomic E-state index is 0.0291. The molecule has 2 rings (SSSR count). The average Bonchev–Trinajstić information content (AvgIpc) is 2.47. The van der Waals surface area contributed by atoms with Gasteiger partial charge in [-0.15, -0.1) is 0 Å². The van der Waals surface area contributed by atoms with Crippen LogP contribution in [0, 0.1) is 23.3 Å². The van der Waals surface area contributed by atoms with Crippen molar-refractivity contribution in [1.29, 1.82) is 0 Å². The van der Waals surface area contributed by atoms with Crippen molar-refractivity contribution in [2.75, 3.05) is 7.05 Å². The van der Waals surface area contributed by atoms with Crippen molar-refractivity contribution in [3.8, 4) is 0 Å². The van der Waals surface area contributed by atoms with E-state index in [9.17, 15) is 17.6 Å². The third kappa shape index (κ3) is 3.44. The maximum absolute atomic E-state index is 14.0. The van der Waals surface area contributed by atoms with Crippen LogP contribution >= 0.6 is 15.9 Å². The monoisotopic (exact) mass is 361 g/mol. The summed E-state index contributed by atoms with van der Waals surface area (Å²) in [5.41, 5.74) is 0.295. The second kappa shape index (κ2) is 6.58. The number of hydrogen-bond donors (Lipinski definition) is 1. The van der Waals surface area contributed by atoms with Gasteiger partial charge in [-0.1, -0.05) is 6.07 Å². The molecular weight excluding hydrogens is 350 g/mol. The van der Waals surface area contributed by atoms with Crippen molar-refractivity contribution in [2.24, 2.45) is 0 Å². The molecule has 0 aromatic heterocycles. The quantitative estimate of drug-likeness (QED) is 0.624. The van der Waals surface area contributed by atoms with Crippen molar-refractivity contribution < 1.29 is 17.6 Å². The third-order valence-corrected chi connectivity index (χ3v) is 3.85. The van der Waals surface area contributed by atoms with E-state index in [-0.39, 0.29) is 16.5 Å². The largest absolute Gasteiger partial charge is 0.313 e. The predicted molar refractivity (Wildman–Crippen MR) is 75.9 cm³/mol. The Morgan fingerprint density at radius 2 is 1.67 bits per heavy atom. The summed E-state index contributed by atoms with van der Waals surface area (Å²) in [5, 5.41) is 2.85. The Hall–Kier alpha value is -1.40. The first-order valence-electron chi connectivity index (χ1n) is 6.18. The lowest BCUT2D eigenvalue weighted by atomic mass is 9.98. The molecule has 0 spiro atoms. The van der Waals surface area contributed by atoms with E-state index in [1.807, 2.05) is 0 Å². The van der Waals surface area contributed by atoms with Gasteiger partial charge in [0.05, 0.1) is 4.47 Å².